The summed E-state index contributed by atoms with van der Waals surface area (Å²) in [5, 5.41) is 53.3. The van der Waals surface area contributed by atoms with Crippen molar-refractivity contribution in [1.82, 2.24) is 29.9 Å². The standard InChI is InChI=1S/C40H36N12O14S2/c53-31(54)15-17-41-35-47-37(43-25-9-5-23(6-10-25)33(57)58)51-39(49-35)45-27-13-3-21(29(19-27)67(61,62)63)1-2-22-4-14-28(20-30(22)68(64,65)66)46-40-50-36(42-18-16-32(55)56)48-38(52-40)44-26-11-7-24(8-12-26)34(59)60/h1-14,19-20H,15-18H2,(H,53,54)(H,55,56)(H,57,58)(H,59,60)(H,61,62,63)(H,64,65,66)(H3,41,43,45,47,49,51)(H3,42,44,46,48,50,52). The highest BCUT2D eigenvalue weighted by Crippen LogP contribution is 2.29. The largest absolute Gasteiger partial charge is 0.481 e. The molecule has 0 atom stereocenters. The number of nitrogens with zero attached hydrogens (tertiary/aromatic N) is 6. The summed E-state index contributed by atoms with van der Waals surface area (Å²) in [6, 6.07) is 18.3. The molecule has 2 heterocycles. The first-order valence-corrected chi connectivity index (χ1v) is 22.2. The lowest BCUT2D eigenvalue weighted by molar-refractivity contribution is -0.137. The number of nitrogens with one attached hydrogen (secondary N) is 6. The molecule has 4 aromatic carbocycles. The summed E-state index contributed by atoms with van der Waals surface area (Å²) in [5.74, 6) is -5.31. The zero-order valence-corrected chi connectivity index (χ0v) is 36.1. The monoisotopic (exact) mass is 972 g/mol. The molecule has 0 aliphatic carbocycles. The summed E-state index contributed by atoms with van der Waals surface area (Å²) in [4.78, 5) is 68.7. The average molecular weight is 973 g/mol. The van der Waals surface area contributed by atoms with Gasteiger partial charge in [-0.3, -0.25) is 18.7 Å². The minimum absolute atomic E-state index is 0.0101. The fraction of sp³-hybridized carbons (Fsp3) is 0.100. The predicted octanol–water partition coefficient (Wildman–Crippen LogP) is 4.86. The molecule has 0 saturated heterocycles. The molecule has 0 fully saturated rings. The Morgan fingerprint density at radius 3 is 1.03 bits per heavy atom. The third-order valence-corrected chi connectivity index (χ3v) is 10.6. The molecule has 0 bridgehead atoms. The summed E-state index contributed by atoms with van der Waals surface area (Å²) in [6.45, 7) is -0.191. The molecule has 0 spiro atoms. The Kier molecular flexibility index (Phi) is 15.0. The molecular formula is C40H36N12O14S2. The van der Waals surface area contributed by atoms with Crippen LogP contribution < -0.4 is 31.9 Å². The highest BCUT2D eigenvalue weighted by molar-refractivity contribution is 7.86. The van der Waals surface area contributed by atoms with Gasteiger partial charge in [0, 0.05) is 35.8 Å². The number of anilines is 10. The van der Waals surface area contributed by atoms with Crippen molar-refractivity contribution in [3.63, 3.8) is 0 Å². The molecule has 0 radical (unpaired) electrons. The van der Waals surface area contributed by atoms with E-state index in [1.54, 1.807) is 0 Å². The molecule has 28 heteroatoms. The molecule has 0 aliphatic rings. The topological polar surface area (TPSA) is 407 Å². The molecule has 68 heavy (non-hydrogen) atoms. The van der Waals surface area contributed by atoms with Gasteiger partial charge in [-0.15, -0.1) is 0 Å². The van der Waals surface area contributed by atoms with E-state index in [4.69, 9.17) is 10.2 Å². The number of hydrogen-bond acceptors (Lipinski definition) is 20. The number of carbonyl (C=O) groups is 4. The highest BCUT2D eigenvalue weighted by atomic mass is 32.2. The molecule has 12 N–H and O–H groups in total. The van der Waals surface area contributed by atoms with Gasteiger partial charge in [0.1, 0.15) is 9.79 Å². The number of rotatable bonds is 22. The van der Waals surface area contributed by atoms with Crippen molar-refractivity contribution >= 4 is 115 Å². The second-order valence-electron chi connectivity index (χ2n) is 13.8. The van der Waals surface area contributed by atoms with E-state index in [1.807, 2.05) is 0 Å². The van der Waals surface area contributed by atoms with Crippen LogP contribution in [0.3, 0.4) is 0 Å². The van der Waals surface area contributed by atoms with E-state index in [-0.39, 0.29) is 95.2 Å². The van der Waals surface area contributed by atoms with Crippen LogP contribution in [0.25, 0.3) is 12.2 Å². The summed E-state index contributed by atoms with van der Waals surface area (Å²) in [6.07, 6.45) is 1.69. The highest BCUT2D eigenvalue weighted by Gasteiger charge is 2.20. The lowest BCUT2D eigenvalue weighted by Gasteiger charge is -2.13. The molecule has 0 aliphatic heterocycles. The van der Waals surface area contributed by atoms with Crippen LogP contribution in [0.15, 0.2) is 94.7 Å². The van der Waals surface area contributed by atoms with Crippen molar-refractivity contribution in [2.75, 3.05) is 45.0 Å². The number of aromatic nitrogens is 6. The van der Waals surface area contributed by atoms with Crippen LogP contribution in [0.1, 0.15) is 44.7 Å². The lowest BCUT2D eigenvalue weighted by atomic mass is 10.1. The number of benzene rings is 4. The molecular weight excluding hydrogens is 937 g/mol. The van der Waals surface area contributed by atoms with Crippen molar-refractivity contribution in [3.8, 4) is 0 Å². The van der Waals surface area contributed by atoms with Crippen LogP contribution in [-0.4, -0.2) is 113 Å². The van der Waals surface area contributed by atoms with Gasteiger partial charge in [0.25, 0.3) is 20.2 Å². The molecule has 0 unspecified atom stereocenters. The zero-order valence-electron chi connectivity index (χ0n) is 34.5. The van der Waals surface area contributed by atoms with Crippen LogP contribution >= 0.6 is 0 Å². The van der Waals surface area contributed by atoms with Crippen LogP contribution in [0.4, 0.5) is 58.4 Å². The maximum atomic E-state index is 12.7. The first kappa shape index (κ1) is 48.6. The number of aromatic carboxylic acids is 2. The molecule has 0 amide bonds. The van der Waals surface area contributed by atoms with Crippen molar-refractivity contribution in [1.29, 1.82) is 0 Å². The minimum Gasteiger partial charge on any atom is -0.481 e. The van der Waals surface area contributed by atoms with Crippen molar-refractivity contribution in [3.05, 3.63) is 107 Å². The molecule has 26 nitrogen and oxygen atoms in total. The first-order chi connectivity index (χ1) is 32.2. The Bertz CT molecular complexity index is 2950. The van der Waals surface area contributed by atoms with E-state index >= 15 is 0 Å². The summed E-state index contributed by atoms with van der Waals surface area (Å²) >= 11 is 0. The lowest BCUT2D eigenvalue weighted by Crippen LogP contribution is -2.13. The quantitative estimate of drug-likeness (QED) is 0.0319. The maximum Gasteiger partial charge on any atom is 0.335 e. The van der Waals surface area contributed by atoms with E-state index < -0.39 is 53.9 Å². The van der Waals surface area contributed by atoms with Crippen LogP contribution in [0, 0.1) is 0 Å². The normalized spacial score (nSPS) is 11.4. The molecule has 0 saturated carbocycles. The molecule has 2 aromatic heterocycles. The van der Waals surface area contributed by atoms with Gasteiger partial charge in [-0.25, -0.2) is 9.59 Å². The number of hydrogen-bond donors (Lipinski definition) is 12. The van der Waals surface area contributed by atoms with Crippen molar-refractivity contribution < 1.29 is 65.5 Å². The van der Waals surface area contributed by atoms with E-state index in [0.717, 1.165) is 24.3 Å². The fourth-order valence-corrected chi connectivity index (χ4v) is 7.15. The Balaban J connectivity index is 1.27. The summed E-state index contributed by atoms with van der Waals surface area (Å²) < 4.78 is 71.2. The molecule has 352 valence electrons. The van der Waals surface area contributed by atoms with Gasteiger partial charge in [-0.05, 0) is 83.9 Å². The van der Waals surface area contributed by atoms with Gasteiger partial charge in [0.15, 0.2) is 0 Å². The van der Waals surface area contributed by atoms with E-state index in [0.29, 0.717) is 11.4 Å². The molecule has 6 aromatic rings. The first-order valence-electron chi connectivity index (χ1n) is 19.3. The van der Waals surface area contributed by atoms with E-state index in [1.165, 1.54) is 72.8 Å². The van der Waals surface area contributed by atoms with Gasteiger partial charge >= 0.3 is 23.9 Å². The smallest absolute Gasteiger partial charge is 0.335 e. The van der Waals surface area contributed by atoms with Crippen LogP contribution in [0.5, 0.6) is 0 Å². The number of carboxylic acid groups (broad SMARTS) is 4. The zero-order chi connectivity index (χ0) is 49.2. The predicted molar refractivity (Wildman–Crippen MR) is 243 cm³/mol. The van der Waals surface area contributed by atoms with Gasteiger partial charge in [-0.1, -0.05) is 24.3 Å². The average Bonchev–Trinajstić information content (AvgIpc) is 3.25. The molecule has 6 rings (SSSR count). The van der Waals surface area contributed by atoms with Gasteiger partial charge in [0.2, 0.25) is 35.7 Å². The van der Waals surface area contributed by atoms with Gasteiger partial charge < -0.3 is 52.3 Å². The maximum absolute atomic E-state index is 12.7. The van der Waals surface area contributed by atoms with E-state index in [9.17, 15) is 55.3 Å². The Morgan fingerprint density at radius 2 is 0.735 bits per heavy atom. The van der Waals surface area contributed by atoms with Crippen LogP contribution in [-0.2, 0) is 29.8 Å². The third kappa shape index (κ3) is 13.8. The summed E-state index contributed by atoms with van der Waals surface area (Å²) in [5.41, 5.74) is 0.477. The SMILES string of the molecule is O=C(O)CCNc1nc(Nc2ccc(C(=O)O)cc2)nc(Nc2ccc(C=Cc3ccc(Nc4nc(NCCC(=O)O)nc(Nc5ccc(C(=O)O)cc5)n4)cc3S(=O)(=O)O)c(S(=O)(=O)O)c2)n1. The van der Waals surface area contributed by atoms with Crippen molar-refractivity contribution in [2.45, 2.75) is 22.6 Å². The third-order valence-electron chi connectivity index (χ3n) is 8.83. The fourth-order valence-electron chi connectivity index (χ4n) is 5.73. The second kappa shape index (κ2) is 21.0. The van der Waals surface area contributed by atoms with Crippen LogP contribution in [0.2, 0.25) is 0 Å². The van der Waals surface area contributed by atoms with E-state index in [2.05, 4.69) is 61.8 Å². The Hall–Kier alpha value is -8.86. The number of carboxylic acids is 4. The Labute approximate surface area is 383 Å². The summed E-state index contributed by atoms with van der Waals surface area (Å²) in [7, 11) is -9.98. The Morgan fingerprint density at radius 1 is 0.441 bits per heavy atom. The minimum atomic E-state index is -4.99. The van der Waals surface area contributed by atoms with Gasteiger partial charge in [0.05, 0.1) is 24.0 Å². The van der Waals surface area contributed by atoms with Gasteiger partial charge in [-0.2, -0.15) is 46.7 Å². The van der Waals surface area contributed by atoms with Crippen molar-refractivity contribution in [2.24, 2.45) is 0 Å². The second-order valence-corrected chi connectivity index (χ2v) is 16.6. The number of aliphatic carboxylic acids is 2.